The summed E-state index contributed by atoms with van der Waals surface area (Å²) in [7, 11) is 3.82. The van der Waals surface area contributed by atoms with Crippen LogP contribution in [0.2, 0.25) is 0 Å². The van der Waals surface area contributed by atoms with Gasteiger partial charge < -0.3 is 14.7 Å². The molecule has 0 aromatic carbocycles. The van der Waals surface area contributed by atoms with Crippen molar-refractivity contribution in [2.45, 2.75) is 32.2 Å². The topological polar surface area (TPSA) is 81.7 Å². The number of nitrogens with one attached hydrogen (secondary N) is 1. The molecule has 2 fully saturated rings. The Morgan fingerprint density at radius 2 is 1.96 bits per heavy atom. The van der Waals surface area contributed by atoms with Gasteiger partial charge in [-0.3, -0.25) is 10.1 Å². The maximum Gasteiger partial charge on any atom is 0.325 e. The first-order chi connectivity index (χ1) is 11.3. The Morgan fingerprint density at radius 3 is 2.50 bits per heavy atom. The lowest BCUT2D eigenvalue weighted by Crippen LogP contribution is -2.57. The molecule has 1 aromatic heterocycles. The Labute approximate surface area is 146 Å². The Hall–Kier alpha value is -1.90. The fraction of sp³-hybridized carbons (Fsp3) is 0.733. The van der Waals surface area contributed by atoms with Crippen LogP contribution in [0.25, 0.3) is 0 Å². The zero-order valence-corrected chi connectivity index (χ0v) is 15.4. The molecule has 2 aliphatic heterocycles. The molecule has 1 aromatic rings. The van der Waals surface area contributed by atoms with Gasteiger partial charge in [0, 0.05) is 45.3 Å². The summed E-state index contributed by atoms with van der Waals surface area (Å²) in [5, 5.41) is 3.37. The van der Waals surface area contributed by atoms with Crippen molar-refractivity contribution in [2.24, 2.45) is 5.92 Å². The molecule has 2 saturated heterocycles. The van der Waals surface area contributed by atoms with Crippen molar-refractivity contribution in [2.75, 3.05) is 43.5 Å². The highest BCUT2D eigenvalue weighted by Gasteiger charge is 2.54. The van der Waals surface area contributed by atoms with Gasteiger partial charge in [0.1, 0.15) is 5.54 Å². The van der Waals surface area contributed by atoms with E-state index in [2.05, 4.69) is 33.4 Å². The molecule has 1 N–H and O–H groups in total. The van der Waals surface area contributed by atoms with Crippen molar-refractivity contribution in [3.63, 3.8) is 0 Å². The van der Waals surface area contributed by atoms with E-state index in [-0.39, 0.29) is 11.9 Å². The second-order valence-corrected chi connectivity index (χ2v) is 7.78. The summed E-state index contributed by atoms with van der Waals surface area (Å²) in [6, 6.07) is -0.257. The minimum absolute atomic E-state index is 0.154. The maximum atomic E-state index is 12.5. The summed E-state index contributed by atoms with van der Waals surface area (Å²) in [5.41, 5.74) is -0.701. The SMILES string of the molecule is CC(C)CN1C(=O)NC(=O)C12CCN(c1nc(N(C)C)ns1)CC2. The van der Waals surface area contributed by atoms with E-state index in [1.807, 2.05) is 19.0 Å². The van der Waals surface area contributed by atoms with E-state index in [0.717, 1.165) is 5.13 Å². The number of aromatic nitrogens is 2. The molecule has 0 radical (unpaired) electrons. The van der Waals surface area contributed by atoms with E-state index in [9.17, 15) is 9.59 Å². The minimum Gasteiger partial charge on any atom is -0.347 e. The second kappa shape index (κ2) is 6.19. The van der Waals surface area contributed by atoms with Crippen LogP contribution in [0.1, 0.15) is 26.7 Å². The van der Waals surface area contributed by atoms with Crippen molar-refractivity contribution < 1.29 is 9.59 Å². The Balaban J connectivity index is 1.74. The third-order valence-corrected chi connectivity index (χ3v) is 5.39. The molecular formula is C15H24N6O2S. The molecule has 0 atom stereocenters. The Kier molecular flexibility index (Phi) is 4.37. The Bertz CT molecular complexity index is 636. The number of nitrogens with zero attached hydrogens (tertiary/aromatic N) is 5. The normalized spacial score (nSPS) is 20.2. The quantitative estimate of drug-likeness (QED) is 0.819. The number of piperidine rings is 1. The van der Waals surface area contributed by atoms with E-state index in [0.29, 0.717) is 44.3 Å². The number of anilines is 2. The molecule has 132 valence electrons. The van der Waals surface area contributed by atoms with Gasteiger partial charge in [-0.05, 0) is 18.8 Å². The van der Waals surface area contributed by atoms with Gasteiger partial charge in [0.25, 0.3) is 5.91 Å². The molecule has 1 spiro atoms. The van der Waals surface area contributed by atoms with E-state index in [1.165, 1.54) is 11.5 Å². The third kappa shape index (κ3) is 2.81. The summed E-state index contributed by atoms with van der Waals surface area (Å²) in [5.74, 6) is 0.868. The fourth-order valence-corrected chi connectivity index (χ4v) is 4.09. The van der Waals surface area contributed by atoms with Crippen molar-refractivity contribution in [1.82, 2.24) is 19.6 Å². The lowest BCUT2D eigenvalue weighted by atomic mass is 9.85. The van der Waals surface area contributed by atoms with Gasteiger partial charge in [-0.15, -0.1) is 0 Å². The number of carbonyl (C=O) groups excluding carboxylic acids is 2. The number of carbonyl (C=O) groups is 2. The molecule has 0 saturated carbocycles. The van der Waals surface area contributed by atoms with Crippen molar-refractivity contribution in [1.29, 1.82) is 0 Å². The van der Waals surface area contributed by atoms with Crippen LogP contribution in [0.3, 0.4) is 0 Å². The van der Waals surface area contributed by atoms with Gasteiger partial charge in [0.2, 0.25) is 11.1 Å². The van der Waals surface area contributed by atoms with Crippen molar-refractivity contribution in [3.05, 3.63) is 0 Å². The summed E-state index contributed by atoms with van der Waals surface area (Å²) in [6.45, 7) is 6.10. The molecule has 2 aliphatic rings. The lowest BCUT2D eigenvalue weighted by molar-refractivity contribution is -0.127. The van der Waals surface area contributed by atoms with Crippen LogP contribution < -0.4 is 15.1 Å². The number of hydrogen-bond acceptors (Lipinski definition) is 7. The first kappa shape index (κ1) is 16.9. The van der Waals surface area contributed by atoms with Gasteiger partial charge >= 0.3 is 6.03 Å². The van der Waals surface area contributed by atoms with E-state index in [4.69, 9.17) is 0 Å². The number of imide groups is 1. The Morgan fingerprint density at radius 1 is 1.29 bits per heavy atom. The number of rotatable bonds is 4. The van der Waals surface area contributed by atoms with Crippen LogP contribution in [-0.2, 0) is 4.79 Å². The van der Waals surface area contributed by atoms with Crippen LogP contribution in [-0.4, -0.2) is 65.5 Å². The molecule has 3 heterocycles. The smallest absolute Gasteiger partial charge is 0.325 e. The molecule has 0 bridgehead atoms. The van der Waals surface area contributed by atoms with Crippen molar-refractivity contribution >= 4 is 34.6 Å². The van der Waals surface area contributed by atoms with E-state index >= 15 is 0 Å². The molecular weight excluding hydrogens is 328 g/mol. The van der Waals surface area contributed by atoms with E-state index < -0.39 is 5.54 Å². The molecule has 0 unspecified atom stereocenters. The molecule has 3 amide bonds. The number of urea groups is 1. The monoisotopic (exact) mass is 352 g/mol. The van der Waals surface area contributed by atoms with Crippen LogP contribution in [0, 0.1) is 5.92 Å². The van der Waals surface area contributed by atoms with Crippen LogP contribution in [0.4, 0.5) is 15.9 Å². The highest BCUT2D eigenvalue weighted by atomic mass is 32.1. The fourth-order valence-electron chi connectivity index (χ4n) is 3.30. The average Bonchev–Trinajstić information content (AvgIpc) is 3.09. The standard InChI is InChI=1S/C15H24N6O2S/c1-10(2)9-21-13(23)16-11(22)15(21)5-7-20(8-6-15)14-17-12(18-24-14)19(3)4/h10H,5-9H2,1-4H3,(H,16,22,23). The minimum atomic E-state index is -0.701. The molecule has 8 nitrogen and oxygen atoms in total. The average molecular weight is 352 g/mol. The largest absolute Gasteiger partial charge is 0.347 e. The predicted molar refractivity (Wildman–Crippen MR) is 93.5 cm³/mol. The maximum absolute atomic E-state index is 12.5. The van der Waals surface area contributed by atoms with Crippen LogP contribution in [0.15, 0.2) is 0 Å². The van der Waals surface area contributed by atoms with Gasteiger partial charge in [0.05, 0.1) is 0 Å². The first-order valence-corrected chi connectivity index (χ1v) is 9.00. The summed E-state index contributed by atoms with van der Waals surface area (Å²) < 4.78 is 4.33. The van der Waals surface area contributed by atoms with Crippen LogP contribution in [0.5, 0.6) is 0 Å². The van der Waals surface area contributed by atoms with Gasteiger partial charge in [-0.2, -0.15) is 9.36 Å². The third-order valence-electron chi connectivity index (χ3n) is 4.62. The number of amides is 3. The molecule has 24 heavy (non-hydrogen) atoms. The highest BCUT2D eigenvalue weighted by molar-refractivity contribution is 7.09. The van der Waals surface area contributed by atoms with Gasteiger partial charge in [-0.25, -0.2) is 4.79 Å². The van der Waals surface area contributed by atoms with E-state index in [1.54, 1.807) is 4.90 Å². The highest BCUT2D eigenvalue weighted by Crippen LogP contribution is 2.36. The van der Waals surface area contributed by atoms with Gasteiger partial charge in [0.15, 0.2) is 0 Å². The zero-order chi connectivity index (χ0) is 17.5. The van der Waals surface area contributed by atoms with Gasteiger partial charge in [-0.1, -0.05) is 13.8 Å². The number of hydrogen-bond donors (Lipinski definition) is 1. The predicted octanol–water partition coefficient (Wildman–Crippen LogP) is 1.15. The van der Waals surface area contributed by atoms with Crippen LogP contribution >= 0.6 is 11.5 Å². The summed E-state index contributed by atoms with van der Waals surface area (Å²) >= 11 is 1.37. The molecule has 3 rings (SSSR count). The summed E-state index contributed by atoms with van der Waals surface area (Å²) in [4.78, 5) is 34.9. The second-order valence-electron chi connectivity index (χ2n) is 7.05. The summed E-state index contributed by atoms with van der Waals surface area (Å²) in [6.07, 6.45) is 1.24. The molecule has 0 aliphatic carbocycles. The first-order valence-electron chi connectivity index (χ1n) is 8.22. The van der Waals surface area contributed by atoms with Crippen molar-refractivity contribution in [3.8, 4) is 0 Å². The molecule has 9 heteroatoms. The zero-order valence-electron chi connectivity index (χ0n) is 14.6. The lowest BCUT2D eigenvalue weighted by Gasteiger charge is -2.42.